The number of rotatable bonds is 1. The third-order valence-corrected chi connectivity index (χ3v) is 4.46. The van der Waals surface area contributed by atoms with Crippen molar-refractivity contribution in [2.45, 2.75) is 30.1 Å². The van der Waals surface area contributed by atoms with Crippen LogP contribution in [0.5, 0.6) is 0 Å². The van der Waals surface area contributed by atoms with E-state index < -0.39 is 5.82 Å². The highest BCUT2D eigenvalue weighted by atomic mass is 32.2. The molecule has 1 unspecified atom stereocenters. The zero-order valence-electron chi connectivity index (χ0n) is 8.30. The lowest BCUT2D eigenvalue weighted by Crippen LogP contribution is -2.11. The van der Waals surface area contributed by atoms with Crippen LogP contribution in [0.3, 0.4) is 0 Å². The van der Waals surface area contributed by atoms with Crippen molar-refractivity contribution < 1.29 is 8.78 Å². The van der Waals surface area contributed by atoms with Crippen LogP contribution >= 0.6 is 11.8 Å². The van der Waals surface area contributed by atoms with Gasteiger partial charge in [-0.15, -0.1) is 11.8 Å². The van der Waals surface area contributed by atoms with Gasteiger partial charge in [0.1, 0.15) is 11.6 Å². The molecule has 0 saturated heterocycles. The number of halogens is 2. The molecule has 1 aromatic rings. The normalized spacial score (nSPS) is 25.1. The van der Waals surface area contributed by atoms with E-state index in [1.807, 2.05) is 0 Å². The lowest BCUT2D eigenvalue weighted by atomic mass is 9.91. The van der Waals surface area contributed by atoms with Gasteiger partial charge in [-0.3, -0.25) is 0 Å². The summed E-state index contributed by atoms with van der Waals surface area (Å²) in [5, 5.41) is 0. The Hall–Kier alpha value is -0.570. The maximum atomic E-state index is 13.5. The summed E-state index contributed by atoms with van der Waals surface area (Å²) in [5.41, 5.74) is 0.922. The van der Waals surface area contributed by atoms with E-state index in [1.54, 1.807) is 0 Å². The van der Waals surface area contributed by atoms with Crippen molar-refractivity contribution >= 4 is 11.8 Å². The predicted molar refractivity (Wildman–Crippen MR) is 57.2 cm³/mol. The fourth-order valence-corrected chi connectivity index (χ4v) is 3.59. The first-order chi connectivity index (χ1) is 7.25. The summed E-state index contributed by atoms with van der Waals surface area (Å²) in [4.78, 5) is 0.694. The summed E-state index contributed by atoms with van der Waals surface area (Å²) < 4.78 is 26.7. The molecule has 1 aromatic carbocycles. The van der Waals surface area contributed by atoms with Gasteiger partial charge in [-0.2, -0.15) is 0 Å². The summed E-state index contributed by atoms with van der Waals surface area (Å²) in [6.07, 6.45) is 3.53. The summed E-state index contributed by atoms with van der Waals surface area (Å²) in [5.74, 6) is 1.26. The van der Waals surface area contributed by atoms with Crippen LogP contribution in [0.15, 0.2) is 17.0 Å². The first kappa shape index (κ1) is 9.64. The molecule has 15 heavy (non-hydrogen) atoms. The van der Waals surface area contributed by atoms with Crippen molar-refractivity contribution in [3.63, 3.8) is 0 Å². The standard InChI is InChI=1S/C12H12F2S/c13-8-5-10-9(7-1-2-7)3-4-15-12(10)11(14)6-8/h5-7,9H,1-4H2. The summed E-state index contributed by atoms with van der Waals surface area (Å²) in [6, 6.07) is 2.54. The highest BCUT2D eigenvalue weighted by Crippen LogP contribution is 2.50. The van der Waals surface area contributed by atoms with Crippen molar-refractivity contribution in [1.82, 2.24) is 0 Å². The number of hydrogen-bond donors (Lipinski definition) is 0. The van der Waals surface area contributed by atoms with E-state index in [-0.39, 0.29) is 5.82 Å². The molecule has 1 aliphatic carbocycles. The van der Waals surface area contributed by atoms with E-state index in [9.17, 15) is 8.78 Å². The van der Waals surface area contributed by atoms with E-state index in [2.05, 4.69) is 0 Å². The van der Waals surface area contributed by atoms with Gasteiger partial charge in [0.25, 0.3) is 0 Å². The fraction of sp³-hybridized carbons (Fsp3) is 0.500. The first-order valence-electron chi connectivity index (χ1n) is 5.37. The topological polar surface area (TPSA) is 0 Å². The molecule has 3 heteroatoms. The predicted octanol–water partition coefficient (Wildman–Crippen LogP) is 3.95. The molecule has 80 valence electrons. The second-order valence-electron chi connectivity index (χ2n) is 4.39. The zero-order chi connectivity index (χ0) is 10.4. The molecule has 0 spiro atoms. The van der Waals surface area contributed by atoms with Crippen LogP contribution in [0.1, 0.15) is 30.7 Å². The van der Waals surface area contributed by atoms with Crippen molar-refractivity contribution in [3.05, 3.63) is 29.3 Å². The van der Waals surface area contributed by atoms with Gasteiger partial charge in [0.05, 0.1) is 0 Å². The number of benzene rings is 1. The summed E-state index contributed by atoms with van der Waals surface area (Å²) in [7, 11) is 0. The van der Waals surface area contributed by atoms with Crippen molar-refractivity contribution in [2.24, 2.45) is 5.92 Å². The number of thioether (sulfide) groups is 1. The Bertz CT molecular complexity index is 399. The van der Waals surface area contributed by atoms with E-state index in [4.69, 9.17) is 0 Å². The van der Waals surface area contributed by atoms with E-state index in [1.165, 1.54) is 30.7 Å². The van der Waals surface area contributed by atoms with E-state index in [0.717, 1.165) is 23.8 Å². The minimum atomic E-state index is -0.431. The van der Waals surface area contributed by atoms with Gasteiger partial charge >= 0.3 is 0 Å². The van der Waals surface area contributed by atoms with Crippen molar-refractivity contribution in [3.8, 4) is 0 Å². The zero-order valence-corrected chi connectivity index (χ0v) is 9.12. The van der Waals surface area contributed by atoms with Crippen LogP contribution in [0.4, 0.5) is 8.78 Å². The summed E-state index contributed by atoms with van der Waals surface area (Å²) in [6.45, 7) is 0. The van der Waals surface area contributed by atoms with Crippen LogP contribution in [-0.4, -0.2) is 5.75 Å². The van der Waals surface area contributed by atoms with Crippen LogP contribution in [-0.2, 0) is 0 Å². The van der Waals surface area contributed by atoms with Gasteiger partial charge in [0.2, 0.25) is 0 Å². The highest BCUT2D eigenvalue weighted by Gasteiger charge is 2.36. The smallest absolute Gasteiger partial charge is 0.139 e. The van der Waals surface area contributed by atoms with Crippen molar-refractivity contribution in [1.29, 1.82) is 0 Å². The fourth-order valence-electron chi connectivity index (χ4n) is 2.44. The molecule has 0 nitrogen and oxygen atoms in total. The van der Waals surface area contributed by atoms with Crippen LogP contribution in [0.25, 0.3) is 0 Å². The van der Waals surface area contributed by atoms with E-state index in [0.29, 0.717) is 16.7 Å². The Morgan fingerprint density at radius 1 is 1.13 bits per heavy atom. The molecule has 0 bridgehead atoms. The minimum Gasteiger partial charge on any atom is -0.207 e. The first-order valence-corrected chi connectivity index (χ1v) is 6.36. The third-order valence-electron chi connectivity index (χ3n) is 3.30. The van der Waals surface area contributed by atoms with Gasteiger partial charge in [-0.1, -0.05) is 0 Å². The highest BCUT2D eigenvalue weighted by molar-refractivity contribution is 7.99. The number of fused-ring (bicyclic) bond motifs is 1. The van der Waals surface area contributed by atoms with E-state index >= 15 is 0 Å². The molecule has 0 radical (unpaired) electrons. The van der Waals surface area contributed by atoms with Gasteiger partial charge in [0, 0.05) is 11.0 Å². The van der Waals surface area contributed by atoms with Crippen molar-refractivity contribution in [2.75, 3.05) is 5.75 Å². The minimum absolute atomic E-state index is 0.375. The molecule has 0 amide bonds. The Balaban J connectivity index is 2.08. The maximum Gasteiger partial charge on any atom is 0.139 e. The molecule has 0 N–H and O–H groups in total. The quantitative estimate of drug-likeness (QED) is 0.698. The Labute approximate surface area is 92.1 Å². The van der Waals surface area contributed by atoms with Crippen LogP contribution in [0.2, 0.25) is 0 Å². The molecule has 0 aromatic heterocycles. The Morgan fingerprint density at radius 3 is 2.67 bits per heavy atom. The SMILES string of the molecule is Fc1cc(F)c2c(c1)C(C1CC1)CCS2. The summed E-state index contributed by atoms with van der Waals surface area (Å²) >= 11 is 1.53. The van der Waals surface area contributed by atoms with Gasteiger partial charge in [-0.05, 0) is 48.5 Å². The average Bonchev–Trinajstić information content (AvgIpc) is 3.00. The molecule has 1 saturated carbocycles. The average molecular weight is 226 g/mol. The molecular weight excluding hydrogens is 214 g/mol. The molecule has 1 heterocycles. The largest absolute Gasteiger partial charge is 0.207 e. The molecule has 1 fully saturated rings. The Morgan fingerprint density at radius 2 is 1.93 bits per heavy atom. The lowest BCUT2D eigenvalue weighted by Gasteiger charge is -2.25. The molecular formula is C12H12F2S. The lowest BCUT2D eigenvalue weighted by molar-refractivity contribution is 0.521. The van der Waals surface area contributed by atoms with Gasteiger partial charge in [-0.25, -0.2) is 8.78 Å². The molecule has 2 aliphatic rings. The molecule has 3 rings (SSSR count). The second kappa shape index (κ2) is 3.48. The monoisotopic (exact) mass is 226 g/mol. The maximum absolute atomic E-state index is 13.5. The Kier molecular flexibility index (Phi) is 2.23. The van der Waals surface area contributed by atoms with Crippen LogP contribution in [0, 0.1) is 17.6 Å². The molecule has 1 atom stereocenters. The van der Waals surface area contributed by atoms with Crippen LogP contribution < -0.4 is 0 Å². The number of hydrogen-bond acceptors (Lipinski definition) is 1. The van der Waals surface area contributed by atoms with Gasteiger partial charge < -0.3 is 0 Å². The molecule has 1 aliphatic heterocycles. The van der Waals surface area contributed by atoms with Gasteiger partial charge in [0.15, 0.2) is 0 Å². The second-order valence-corrected chi connectivity index (χ2v) is 5.49. The third kappa shape index (κ3) is 1.67.